The molecule has 1 saturated heterocycles. The number of anilines is 1. The molecule has 7 heteroatoms. The van der Waals surface area contributed by atoms with Crippen LogP contribution in [0.4, 0.5) is 5.69 Å². The second kappa shape index (κ2) is 7.25. The summed E-state index contributed by atoms with van der Waals surface area (Å²) in [5, 5.41) is 5.97. The van der Waals surface area contributed by atoms with Crippen molar-refractivity contribution in [3.63, 3.8) is 0 Å². The van der Waals surface area contributed by atoms with Crippen molar-refractivity contribution in [2.75, 3.05) is 31.0 Å². The Morgan fingerprint density at radius 2 is 1.76 bits per heavy atom. The molecule has 1 aliphatic rings. The van der Waals surface area contributed by atoms with Crippen LogP contribution in [0.5, 0.6) is 0 Å². The predicted molar refractivity (Wildman–Crippen MR) is 97.2 cm³/mol. The molecule has 6 nitrogen and oxygen atoms in total. The standard InChI is InChI=1S/C18H21N3O3S/c1-21(15-7-3-2-4-8-15)25(23,24)17-10-6-5-9-16(17)18(22)20-13-14-11-19-12-14/h2-10,14,19H,11-13H2,1H3,(H,20,22). The van der Waals surface area contributed by atoms with Gasteiger partial charge in [-0.15, -0.1) is 0 Å². The van der Waals surface area contributed by atoms with E-state index in [-0.39, 0.29) is 16.4 Å². The van der Waals surface area contributed by atoms with Gasteiger partial charge in [0.1, 0.15) is 4.90 Å². The van der Waals surface area contributed by atoms with Gasteiger partial charge in [0, 0.05) is 32.6 Å². The summed E-state index contributed by atoms with van der Waals surface area (Å²) in [5.74, 6) is 0.0345. The first-order valence-electron chi connectivity index (χ1n) is 8.12. The molecule has 0 bridgehead atoms. The zero-order valence-corrected chi connectivity index (χ0v) is 14.8. The number of hydrogen-bond donors (Lipinski definition) is 2. The highest BCUT2D eigenvalue weighted by Gasteiger charge is 2.27. The molecule has 1 fully saturated rings. The number of benzene rings is 2. The summed E-state index contributed by atoms with van der Waals surface area (Å²) in [6, 6.07) is 15.1. The fourth-order valence-electron chi connectivity index (χ4n) is 2.63. The number of hydrogen-bond acceptors (Lipinski definition) is 4. The maximum absolute atomic E-state index is 13.0. The number of sulfonamides is 1. The van der Waals surface area contributed by atoms with Crippen molar-refractivity contribution >= 4 is 21.6 Å². The summed E-state index contributed by atoms with van der Waals surface area (Å²) in [7, 11) is -2.35. The monoisotopic (exact) mass is 359 g/mol. The lowest BCUT2D eigenvalue weighted by molar-refractivity contribution is 0.0939. The van der Waals surface area contributed by atoms with Gasteiger partial charge in [-0.2, -0.15) is 0 Å². The number of amides is 1. The maximum atomic E-state index is 13.0. The van der Waals surface area contributed by atoms with Crippen LogP contribution < -0.4 is 14.9 Å². The minimum absolute atomic E-state index is 0.00517. The Hall–Kier alpha value is -2.38. The molecule has 0 aliphatic carbocycles. The van der Waals surface area contributed by atoms with Crippen molar-refractivity contribution in [1.82, 2.24) is 10.6 Å². The van der Waals surface area contributed by atoms with E-state index in [4.69, 9.17) is 0 Å². The molecule has 25 heavy (non-hydrogen) atoms. The Kier molecular flexibility index (Phi) is 5.06. The number of carbonyl (C=O) groups excluding carboxylic acids is 1. The van der Waals surface area contributed by atoms with Crippen molar-refractivity contribution in [2.45, 2.75) is 4.90 Å². The van der Waals surface area contributed by atoms with Crippen LogP contribution in [0, 0.1) is 5.92 Å². The normalized spacial score (nSPS) is 14.6. The van der Waals surface area contributed by atoms with Crippen molar-refractivity contribution in [2.24, 2.45) is 5.92 Å². The molecule has 1 heterocycles. The van der Waals surface area contributed by atoms with E-state index in [0.717, 1.165) is 13.1 Å². The van der Waals surface area contributed by atoms with Crippen LogP contribution in [-0.4, -0.2) is 41.0 Å². The second-order valence-electron chi connectivity index (χ2n) is 6.04. The zero-order valence-electron chi connectivity index (χ0n) is 14.0. The average molecular weight is 359 g/mol. The summed E-state index contributed by atoms with van der Waals surface area (Å²) in [4.78, 5) is 12.5. The van der Waals surface area contributed by atoms with Gasteiger partial charge >= 0.3 is 0 Å². The fraction of sp³-hybridized carbons (Fsp3) is 0.278. The van der Waals surface area contributed by atoms with Gasteiger partial charge in [0.05, 0.1) is 11.3 Å². The lowest BCUT2D eigenvalue weighted by atomic mass is 10.0. The second-order valence-corrected chi connectivity index (χ2v) is 7.98. The Balaban J connectivity index is 1.87. The predicted octanol–water partition coefficient (Wildman–Crippen LogP) is 1.46. The molecule has 0 aromatic heterocycles. The first-order valence-corrected chi connectivity index (χ1v) is 9.56. The van der Waals surface area contributed by atoms with Crippen LogP contribution in [0.1, 0.15) is 10.4 Å². The summed E-state index contributed by atoms with van der Waals surface area (Å²) in [6.45, 7) is 2.28. The Labute approximate surface area is 147 Å². The molecule has 2 N–H and O–H groups in total. The highest BCUT2D eigenvalue weighted by atomic mass is 32.2. The van der Waals surface area contributed by atoms with E-state index in [1.807, 2.05) is 6.07 Å². The van der Waals surface area contributed by atoms with E-state index in [9.17, 15) is 13.2 Å². The lowest BCUT2D eigenvalue weighted by Crippen LogP contribution is -2.48. The maximum Gasteiger partial charge on any atom is 0.264 e. The van der Waals surface area contributed by atoms with Gasteiger partial charge in [0.2, 0.25) is 0 Å². The van der Waals surface area contributed by atoms with Crippen LogP contribution in [0.3, 0.4) is 0 Å². The van der Waals surface area contributed by atoms with Crippen LogP contribution >= 0.6 is 0 Å². The number of nitrogens with one attached hydrogen (secondary N) is 2. The summed E-state index contributed by atoms with van der Waals surface area (Å²) < 4.78 is 27.2. The molecule has 0 unspecified atom stereocenters. The van der Waals surface area contributed by atoms with E-state index < -0.39 is 10.0 Å². The van der Waals surface area contributed by atoms with Crippen molar-refractivity contribution < 1.29 is 13.2 Å². The zero-order chi connectivity index (χ0) is 17.9. The molecule has 2 aromatic rings. The van der Waals surface area contributed by atoms with Gasteiger partial charge in [-0.05, 0) is 24.3 Å². The number of nitrogens with zero attached hydrogens (tertiary/aromatic N) is 1. The first kappa shape index (κ1) is 17.4. The molecule has 0 spiro atoms. The average Bonchev–Trinajstić information content (AvgIpc) is 2.60. The minimum atomic E-state index is -3.84. The smallest absolute Gasteiger partial charge is 0.264 e. The van der Waals surface area contributed by atoms with Crippen molar-refractivity contribution in [3.05, 3.63) is 60.2 Å². The highest BCUT2D eigenvalue weighted by molar-refractivity contribution is 7.92. The molecule has 1 aliphatic heterocycles. The van der Waals surface area contributed by atoms with Crippen LogP contribution in [0.15, 0.2) is 59.5 Å². The third-order valence-corrected chi connectivity index (χ3v) is 6.15. The van der Waals surface area contributed by atoms with Gasteiger partial charge in [0.25, 0.3) is 15.9 Å². The molecule has 2 aromatic carbocycles. The number of para-hydroxylation sites is 1. The highest BCUT2D eigenvalue weighted by Crippen LogP contribution is 2.24. The van der Waals surface area contributed by atoms with Gasteiger partial charge in [0.15, 0.2) is 0 Å². The molecule has 3 rings (SSSR count). The molecule has 0 atom stereocenters. The van der Waals surface area contributed by atoms with Crippen LogP contribution in [0.2, 0.25) is 0 Å². The van der Waals surface area contributed by atoms with Gasteiger partial charge in [-0.3, -0.25) is 9.10 Å². The van der Waals surface area contributed by atoms with E-state index in [2.05, 4.69) is 10.6 Å². The Bertz CT molecular complexity index is 849. The fourth-order valence-corrected chi connectivity index (χ4v) is 4.01. The number of rotatable bonds is 6. The molecule has 132 valence electrons. The van der Waals surface area contributed by atoms with Crippen LogP contribution in [-0.2, 0) is 10.0 Å². The van der Waals surface area contributed by atoms with E-state index in [1.165, 1.54) is 17.4 Å². The van der Waals surface area contributed by atoms with Crippen molar-refractivity contribution in [3.8, 4) is 0 Å². The molecular formula is C18H21N3O3S. The van der Waals surface area contributed by atoms with E-state index in [0.29, 0.717) is 18.2 Å². The molecule has 0 radical (unpaired) electrons. The van der Waals surface area contributed by atoms with Crippen LogP contribution in [0.25, 0.3) is 0 Å². The largest absolute Gasteiger partial charge is 0.352 e. The quantitative estimate of drug-likeness (QED) is 0.819. The first-order chi connectivity index (χ1) is 12.0. The van der Waals surface area contributed by atoms with Gasteiger partial charge < -0.3 is 10.6 Å². The third kappa shape index (κ3) is 3.67. The van der Waals surface area contributed by atoms with E-state index >= 15 is 0 Å². The summed E-state index contributed by atoms with van der Waals surface area (Å²) in [5.41, 5.74) is 0.704. The third-order valence-electron chi connectivity index (χ3n) is 4.31. The Morgan fingerprint density at radius 3 is 2.40 bits per heavy atom. The molecule has 1 amide bonds. The molecular weight excluding hydrogens is 338 g/mol. The molecule has 0 saturated carbocycles. The van der Waals surface area contributed by atoms with E-state index in [1.54, 1.807) is 42.5 Å². The summed E-state index contributed by atoms with van der Waals surface area (Å²) in [6.07, 6.45) is 0. The summed E-state index contributed by atoms with van der Waals surface area (Å²) >= 11 is 0. The SMILES string of the molecule is CN(c1ccccc1)S(=O)(=O)c1ccccc1C(=O)NCC1CNC1. The lowest BCUT2D eigenvalue weighted by Gasteiger charge is -2.27. The topological polar surface area (TPSA) is 78.5 Å². The van der Waals surface area contributed by atoms with Crippen molar-refractivity contribution in [1.29, 1.82) is 0 Å². The van der Waals surface area contributed by atoms with Gasteiger partial charge in [-0.1, -0.05) is 30.3 Å². The van der Waals surface area contributed by atoms with Gasteiger partial charge in [-0.25, -0.2) is 8.42 Å². The minimum Gasteiger partial charge on any atom is -0.352 e. The Morgan fingerprint density at radius 1 is 1.12 bits per heavy atom. The number of carbonyl (C=O) groups is 1.